The SMILES string of the molecule is CC(O)CN1CCN(C/C=C/c2ccccc2)CC1. The largest absolute Gasteiger partial charge is 0.392 e. The van der Waals surface area contributed by atoms with Gasteiger partial charge in [0.05, 0.1) is 6.10 Å². The minimum absolute atomic E-state index is 0.218. The first-order chi connectivity index (χ1) is 9.24. The minimum Gasteiger partial charge on any atom is -0.392 e. The van der Waals surface area contributed by atoms with Gasteiger partial charge >= 0.3 is 0 Å². The highest BCUT2D eigenvalue weighted by atomic mass is 16.3. The molecular weight excluding hydrogens is 236 g/mol. The number of aliphatic hydroxyl groups excluding tert-OH is 1. The Morgan fingerprint density at radius 2 is 1.74 bits per heavy atom. The second-order valence-electron chi connectivity index (χ2n) is 5.26. The van der Waals surface area contributed by atoms with Crippen LogP contribution in [0, 0.1) is 0 Å². The van der Waals surface area contributed by atoms with E-state index in [1.807, 2.05) is 13.0 Å². The lowest BCUT2D eigenvalue weighted by atomic mass is 10.2. The van der Waals surface area contributed by atoms with Crippen LogP contribution in [0.2, 0.25) is 0 Å². The first-order valence-electron chi connectivity index (χ1n) is 7.08. The van der Waals surface area contributed by atoms with Crippen molar-refractivity contribution in [2.45, 2.75) is 13.0 Å². The number of nitrogens with zero attached hydrogens (tertiary/aromatic N) is 2. The molecule has 1 fully saturated rings. The summed E-state index contributed by atoms with van der Waals surface area (Å²) in [6.45, 7) is 7.96. The smallest absolute Gasteiger partial charge is 0.0639 e. The van der Waals surface area contributed by atoms with Crippen LogP contribution in [0.5, 0.6) is 0 Å². The molecule has 0 spiro atoms. The lowest BCUT2D eigenvalue weighted by molar-refractivity contribution is 0.0852. The zero-order valence-electron chi connectivity index (χ0n) is 11.7. The molecule has 3 nitrogen and oxygen atoms in total. The summed E-state index contributed by atoms with van der Waals surface area (Å²) in [6.07, 6.45) is 4.20. The van der Waals surface area contributed by atoms with Gasteiger partial charge in [-0.3, -0.25) is 9.80 Å². The lowest BCUT2D eigenvalue weighted by Crippen LogP contribution is -2.48. The fraction of sp³-hybridized carbons (Fsp3) is 0.500. The first kappa shape index (κ1) is 14.3. The van der Waals surface area contributed by atoms with Crippen molar-refractivity contribution in [3.8, 4) is 0 Å². The molecule has 1 aliphatic heterocycles. The van der Waals surface area contributed by atoms with E-state index in [0.717, 1.165) is 39.3 Å². The third-order valence-corrected chi connectivity index (χ3v) is 3.46. The first-order valence-corrected chi connectivity index (χ1v) is 7.08. The molecule has 1 aromatic rings. The average Bonchev–Trinajstić information content (AvgIpc) is 2.41. The number of piperazine rings is 1. The van der Waals surface area contributed by atoms with Crippen LogP contribution in [0.15, 0.2) is 36.4 Å². The number of rotatable bonds is 5. The molecule has 2 rings (SSSR count). The van der Waals surface area contributed by atoms with Crippen molar-refractivity contribution in [1.29, 1.82) is 0 Å². The van der Waals surface area contributed by atoms with Gasteiger partial charge in [-0.15, -0.1) is 0 Å². The van der Waals surface area contributed by atoms with Crippen molar-refractivity contribution in [1.82, 2.24) is 9.80 Å². The Balaban J connectivity index is 1.70. The molecule has 1 atom stereocenters. The third kappa shape index (κ3) is 5.15. The third-order valence-electron chi connectivity index (χ3n) is 3.46. The zero-order valence-corrected chi connectivity index (χ0v) is 11.7. The van der Waals surface area contributed by atoms with Gasteiger partial charge in [0.2, 0.25) is 0 Å². The highest BCUT2D eigenvalue weighted by Crippen LogP contribution is 2.05. The molecule has 1 heterocycles. The number of hydrogen-bond donors (Lipinski definition) is 1. The van der Waals surface area contributed by atoms with Gasteiger partial charge < -0.3 is 5.11 Å². The van der Waals surface area contributed by atoms with Crippen LogP contribution in [-0.4, -0.2) is 60.3 Å². The van der Waals surface area contributed by atoms with Gasteiger partial charge in [0.25, 0.3) is 0 Å². The van der Waals surface area contributed by atoms with Crippen molar-refractivity contribution < 1.29 is 5.11 Å². The normalized spacial score (nSPS) is 19.9. The molecule has 0 radical (unpaired) electrons. The van der Waals surface area contributed by atoms with Crippen molar-refractivity contribution in [2.75, 3.05) is 39.3 Å². The molecule has 0 saturated carbocycles. The standard InChI is InChI=1S/C16H24N2O/c1-15(19)14-18-12-10-17(11-13-18)9-5-8-16-6-3-2-4-7-16/h2-8,15,19H,9-14H2,1H3/b8-5+. The molecule has 3 heteroatoms. The zero-order chi connectivity index (χ0) is 13.5. The molecule has 0 amide bonds. The number of aliphatic hydroxyl groups is 1. The Hall–Kier alpha value is -1.16. The van der Waals surface area contributed by atoms with Crippen LogP contribution >= 0.6 is 0 Å². The predicted molar refractivity (Wildman–Crippen MR) is 80.0 cm³/mol. The molecule has 1 N–H and O–H groups in total. The highest BCUT2D eigenvalue weighted by Gasteiger charge is 2.16. The molecule has 0 bridgehead atoms. The lowest BCUT2D eigenvalue weighted by Gasteiger charge is -2.34. The van der Waals surface area contributed by atoms with E-state index in [2.05, 4.69) is 46.2 Å². The van der Waals surface area contributed by atoms with Crippen LogP contribution in [-0.2, 0) is 0 Å². The summed E-state index contributed by atoms with van der Waals surface area (Å²) in [5, 5.41) is 9.37. The maximum absolute atomic E-state index is 9.37. The molecular formula is C16H24N2O. The summed E-state index contributed by atoms with van der Waals surface area (Å²) in [5.41, 5.74) is 1.26. The summed E-state index contributed by atoms with van der Waals surface area (Å²) in [4.78, 5) is 4.79. The van der Waals surface area contributed by atoms with Gasteiger partial charge in [-0.2, -0.15) is 0 Å². The van der Waals surface area contributed by atoms with Crippen molar-refractivity contribution in [3.63, 3.8) is 0 Å². The molecule has 0 aliphatic carbocycles. The predicted octanol–water partition coefficient (Wildman–Crippen LogP) is 1.70. The molecule has 104 valence electrons. The number of hydrogen-bond acceptors (Lipinski definition) is 3. The fourth-order valence-electron chi connectivity index (χ4n) is 2.43. The molecule has 19 heavy (non-hydrogen) atoms. The minimum atomic E-state index is -0.218. The van der Waals surface area contributed by atoms with Gasteiger partial charge in [-0.1, -0.05) is 42.5 Å². The van der Waals surface area contributed by atoms with Gasteiger partial charge in [-0.25, -0.2) is 0 Å². The maximum Gasteiger partial charge on any atom is 0.0639 e. The summed E-state index contributed by atoms with van der Waals surface area (Å²) in [6, 6.07) is 10.4. The van der Waals surface area contributed by atoms with E-state index in [4.69, 9.17) is 0 Å². The fourth-order valence-corrected chi connectivity index (χ4v) is 2.43. The van der Waals surface area contributed by atoms with Crippen molar-refractivity contribution in [3.05, 3.63) is 42.0 Å². The molecule has 1 aliphatic rings. The summed E-state index contributed by atoms with van der Waals surface area (Å²) in [7, 11) is 0. The Labute approximate surface area is 116 Å². The van der Waals surface area contributed by atoms with E-state index >= 15 is 0 Å². The molecule has 1 unspecified atom stereocenters. The van der Waals surface area contributed by atoms with Crippen molar-refractivity contribution >= 4 is 6.08 Å². The second kappa shape index (κ2) is 7.43. The summed E-state index contributed by atoms with van der Waals surface area (Å²) in [5.74, 6) is 0. The Kier molecular flexibility index (Phi) is 5.58. The topological polar surface area (TPSA) is 26.7 Å². The van der Waals surface area contributed by atoms with E-state index < -0.39 is 0 Å². The van der Waals surface area contributed by atoms with Crippen molar-refractivity contribution in [2.24, 2.45) is 0 Å². The van der Waals surface area contributed by atoms with Gasteiger partial charge in [-0.05, 0) is 12.5 Å². The van der Waals surface area contributed by atoms with E-state index in [1.165, 1.54) is 5.56 Å². The maximum atomic E-state index is 9.37. The quantitative estimate of drug-likeness (QED) is 0.873. The van der Waals surface area contributed by atoms with Crippen LogP contribution in [0.1, 0.15) is 12.5 Å². The van der Waals surface area contributed by atoms with Crippen LogP contribution in [0.3, 0.4) is 0 Å². The van der Waals surface area contributed by atoms with E-state index in [9.17, 15) is 5.11 Å². The average molecular weight is 260 g/mol. The van der Waals surface area contributed by atoms with E-state index in [-0.39, 0.29) is 6.10 Å². The molecule has 1 aromatic carbocycles. The highest BCUT2D eigenvalue weighted by molar-refractivity contribution is 5.48. The Morgan fingerprint density at radius 1 is 1.11 bits per heavy atom. The Morgan fingerprint density at radius 3 is 2.37 bits per heavy atom. The van der Waals surface area contributed by atoms with Crippen LogP contribution in [0.4, 0.5) is 0 Å². The number of benzene rings is 1. The molecule has 0 aromatic heterocycles. The monoisotopic (exact) mass is 260 g/mol. The summed E-state index contributed by atoms with van der Waals surface area (Å²) >= 11 is 0. The molecule has 1 saturated heterocycles. The Bertz CT molecular complexity index is 381. The van der Waals surface area contributed by atoms with Crippen LogP contribution in [0.25, 0.3) is 6.08 Å². The van der Waals surface area contributed by atoms with Gasteiger partial charge in [0, 0.05) is 39.3 Å². The van der Waals surface area contributed by atoms with Gasteiger partial charge in [0.15, 0.2) is 0 Å². The number of β-amino-alcohol motifs (C(OH)–C–C–N with tert-alkyl or cyclic N) is 1. The van der Waals surface area contributed by atoms with Crippen LogP contribution < -0.4 is 0 Å². The van der Waals surface area contributed by atoms with E-state index in [1.54, 1.807) is 0 Å². The summed E-state index contributed by atoms with van der Waals surface area (Å²) < 4.78 is 0. The second-order valence-corrected chi connectivity index (χ2v) is 5.26. The van der Waals surface area contributed by atoms with Gasteiger partial charge in [0.1, 0.15) is 0 Å². The van der Waals surface area contributed by atoms with E-state index in [0.29, 0.717) is 0 Å².